The lowest BCUT2D eigenvalue weighted by Crippen LogP contribution is -2.12. The van der Waals surface area contributed by atoms with Gasteiger partial charge in [-0.05, 0) is 29.8 Å². The van der Waals surface area contributed by atoms with Gasteiger partial charge in [0.25, 0.3) is 0 Å². The molecule has 0 unspecified atom stereocenters. The topological polar surface area (TPSA) is 53.1 Å². The molecular formula is C18H12ClN2O2+. The molecule has 0 atom stereocenters. The fraction of sp³-hybridized carbons (Fsp3) is 0.0556. The van der Waals surface area contributed by atoms with Gasteiger partial charge in [0.15, 0.2) is 0 Å². The molecule has 0 radical (unpaired) electrons. The summed E-state index contributed by atoms with van der Waals surface area (Å²) in [5, 5.41) is 9.41. The molecule has 2 aromatic rings. The van der Waals surface area contributed by atoms with E-state index in [0.29, 0.717) is 21.7 Å². The third kappa shape index (κ3) is 3.31. The molecule has 0 N–H and O–H groups in total. The van der Waals surface area contributed by atoms with E-state index in [2.05, 4.69) is 6.07 Å². The van der Waals surface area contributed by atoms with Crippen LogP contribution in [0.25, 0.3) is 5.57 Å². The minimum atomic E-state index is 0.0952. The Labute approximate surface area is 138 Å². The molecule has 4 nitrogen and oxygen atoms in total. The lowest BCUT2D eigenvalue weighted by atomic mass is 9.98. The Kier molecular flexibility index (Phi) is 4.22. The number of hydrogen-bond acceptors (Lipinski definition) is 3. The Morgan fingerprint density at radius 3 is 2.35 bits per heavy atom. The molecule has 0 spiro atoms. The molecule has 0 fully saturated rings. The van der Waals surface area contributed by atoms with E-state index in [1.807, 2.05) is 42.5 Å². The van der Waals surface area contributed by atoms with Gasteiger partial charge in [-0.3, -0.25) is 0 Å². The Balaban J connectivity index is 1.89. The van der Waals surface area contributed by atoms with Crippen LogP contribution in [0.3, 0.4) is 0 Å². The molecule has 3 rings (SSSR count). The van der Waals surface area contributed by atoms with Crippen LogP contribution in [-0.2, 0) is 0 Å². The van der Waals surface area contributed by atoms with Crippen molar-refractivity contribution in [3.8, 4) is 17.6 Å². The third-order valence-electron chi connectivity index (χ3n) is 3.41. The molecule has 23 heavy (non-hydrogen) atoms. The molecule has 1 heterocycles. The highest BCUT2D eigenvalue weighted by Gasteiger charge is 2.26. The molecule has 0 saturated carbocycles. The molecule has 2 aromatic carbocycles. The van der Waals surface area contributed by atoms with E-state index in [-0.39, 0.29) is 11.6 Å². The van der Waals surface area contributed by atoms with Crippen LogP contribution in [0.5, 0.6) is 11.5 Å². The van der Waals surface area contributed by atoms with Crippen molar-refractivity contribution >= 4 is 17.2 Å². The number of nitroso groups, excluding NO2 is 1. The van der Waals surface area contributed by atoms with Gasteiger partial charge in [0.1, 0.15) is 22.6 Å². The average Bonchev–Trinajstić information content (AvgIpc) is 2.56. The van der Waals surface area contributed by atoms with Crippen molar-refractivity contribution in [2.75, 3.05) is 6.54 Å². The van der Waals surface area contributed by atoms with Crippen LogP contribution in [0.2, 0.25) is 0 Å². The zero-order valence-corrected chi connectivity index (χ0v) is 12.8. The molecule has 1 aliphatic rings. The molecule has 1 aliphatic heterocycles. The number of ether oxygens (including phenoxy) is 1. The van der Waals surface area contributed by atoms with E-state index in [1.165, 1.54) is 6.20 Å². The number of allylic oxidation sites excluding steroid dienone is 2. The van der Waals surface area contributed by atoms with Crippen molar-refractivity contribution in [3.05, 3.63) is 81.9 Å². The van der Waals surface area contributed by atoms with Crippen molar-refractivity contribution in [2.45, 2.75) is 0 Å². The second kappa shape index (κ2) is 6.47. The van der Waals surface area contributed by atoms with Crippen LogP contribution in [0.1, 0.15) is 5.56 Å². The van der Waals surface area contributed by atoms with Crippen molar-refractivity contribution in [1.29, 1.82) is 5.26 Å². The number of nitrogens with zero attached hydrogens (tertiary/aromatic N) is 2. The summed E-state index contributed by atoms with van der Waals surface area (Å²) in [5.74, 6) is 1.42. The summed E-state index contributed by atoms with van der Waals surface area (Å²) >= 11 is 5.98. The van der Waals surface area contributed by atoms with Gasteiger partial charge in [-0.2, -0.15) is 5.26 Å². The maximum absolute atomic E-state index is 11.6. The van der Waals surface area contributed by atoms with Crippen molar-refractivity contribution in [1.82, 2.24) is 0 Å². The van der Waals surface area contributed by atoms with E-state index in [4.69, 9.17) is 16.3 Å². The zero-order valence-electron chi connectivity index (χ0n) is 12.1. The van der Waals surface area contributed by atoms with E-state index in [0.717, 1.165) is 11.3 Å². The van der Waals surface area contributed by atoms with Crippen LogP contribution in [-0.4, -0.2) is 11.3 Å². The monoisotopic (exact) mass is 323 g/mol. The van der Waals surface area contributed by atoms with Gasteiger partial charge >= 0.3 is 0 Å². The second-order valence-electron chi connectivity index (χ2n) is 4.96. The molecule has 0 amide bonds. The summed E-state index contributed by atoms with van der Waals surface area (Å²) in [6.45, 7) is 0.0952. The lowest BCUT2D eigenvalue weighted by Gasteiger charge is -2.10. The van der Waals surface area contributed by atoms with Crippen molar-refractivity contribution in [3.63, 3.8) is 0 Å². The number of halogens is 1. The van der Waals surface area contributed by atoms with Gasteiger partial charge in [-0.1, -0.05) is 41.9 Å². The van der Waals surface area contributed by atoms with Gasteiger partial charge in [-0.15, -0.1) is 0 Å². The van der Waals surface area contributed by atoms with E-state index in [1.54, 1.807) is 12.1 Å². The van der Waals surface area contributed by atoms with E-state index >= 15 is 0 Å². The first-order chi connectivity index (χ1) is 11.2. The number of para-hydroxylation sites is 1. The first-order valence-corrected chi connectivity index (χ1v) is 7.33. The summed E-state index contributed by atoms with van der Waals surface area (Å²) in [6, 6.07) is 18.7. The predicted octanol–water partition coefficient (Wildman–Crippen LogP) is 4.63. The lowest BCUT2D eigenvalue weighted by molar-refractivity contribution is -0.466. The van der Waals surface area contributed by atoms with E-state index < -0.39 is 0 Å². The van der Waals surface area contributed by atoms with Gasteiger partial charge in [0, 0.05) is 15.2 Å². The predicted molar refractivity (Wildman–Crippen MR) is 87.9 cm³/mol. The fourth-order valence-corrected chi connectivity index (χ4v) is 2.59. The molecule has 0 aromatic heterocycles. The molecule has 112 valence electrons. The minimum Gasteiger partial charge on any atom is -0.457 e. The number of hydrogen-bond donors (Lipinski definition) is 0. The maximum Gasteiger partial charge on any atom is 0.241 e. The summed E-state index contributed by atoms with van der Waals surface area (Å²) < 4.78 is 6.44. The molecular weight excluding hydrogens is 312 g/mol. The van der Waals surface area contributed by atoms with Crippen LogP contribution in [0, 0.1) is 16.2 Å². The Bertz CT molecular complexity index is 847. The maximum atomic E-state index is 11.6. The highest BCUT2D eigenvalue weighted by molar-refractivity contribution is 6.33. The first kappa shape index (κ1) is 15.0. The van der Waals surface area contributed by atoms with Gasteiger partial charge in [0.05, 0.1) is 5.57 Å². The van der Waals surface area contributed by atoms with Gasteiger partial charge in [0.2, 0.25) is 12.7 Å². The molecule has 0 bridgehead atoms. The normalized spacial score (nSPS) is 14.3. The minimum absolute atomic E-state index is 0.0952. The van der Waals surface area contributed by atoms with E-state index in [9.17, 15) is 10.2 Å². The van der Waals surface area contributed by atoms with Gasteiger partial charge in [-0.25, -0.2) is 0 Å². The fourth-order valence-electron chi connectivity index (χ4n) is 2.32. The molecule has 0 saturated heterocycles. The summed E-state index contributed by atoms with van der Waals surface area (Å²) in [5.41, 5.74) is 1.71. The number of benzene rings is 2. The second-order valence-corrected chi connectivity index (χ2v) is 5.36. The summed E-state index contributed by atoms with van der Waals surface area (Å²) in [4.78, 5) is 11.6. The quantitative estimate of drug-likeness (QED) is 0.774. The van der Waals surface area contributed by atoms with Crippen LogP contribution in [0.15, 0.2) is 71.4 Å². The van der Waals surface area contributed by atoms with Crippen molar-refractivity contribution < 1.29 is 9.50 Å². The van der Waals surface area contributed by atoms with Gasteiger partial charge < -0.3 is 4.74 Å². The Morgan fingerprint density at radius 1 is 1.04 bits per heavy atom. The zero-order chi connectivity index (χ0) is 16.2. The Morgan fingerprint density at radius 2 is 1.70 bits per heavy atom. The standard InChI is InChI=1S/C18H12ClN2O2/c19-18-12-21(22)11-17(16(18)10-20)13-6-8-15(9-7-13)23-14-4-2-1-3-5-14/h1-9,12H,11H2/q+1. The summed E-state index contributed by atoms with van der Waals surface area (Å²) in [7, 11) is 0. The molecule has 5 heteroatoms. The summed E-state index contributed by atoms with van der Waals surface area (Å²) in [6.07, 6.45) is 1.22. The molecule has 0 aliphatic carbocycles. The number of rotatable bonds is 3. The Hall–Kier alpha value is -2.90. The highest BCUT2D eigenvalue weighted by atomic mass is 35.5. The third-order valence-corrected chi connectivity index (χ3v) is 3.69. The van der Waals surface area contributed by atoms with Crippen LogP contribution in [0.4, 0.5) is 0 Å². The first-order valence-electron chi connectivity index (χ1n) is 6.95. The highest BCUT2D eigenvalue weighted by Crippen LogP contribution is 2.31. The largest absolute Gasteiger partial charge is 0.457 e. The smallest absolute Gasteiger partial charge is 0.241 e. The SMILES string of the molecule is N#CC1=C(c2ccc(Oc3ccccc3)cc2)C[N+](=O)C=C1Cl. The number of nitriles is 1. The van der Waals surface area contributed by atoms with Crippen molar-refractivity contribution in [2.24, 2.45) is 0 Å². The average molecular weight is 324 g/mol. The van der Waals surface area contributed by atoms with Crippen LogP contribution >= 0.6 is 11.6 Å². The van der Waals surface area contributed by atoms with Crippen LogP contribution < -0.4 is 4.74 Å².